The summed E-state index contributed by atoms with van der Waals surface area (Å²) in [6, 6.07) is 14.2. The zero-order chi connectivity index (χ0) is 26.3. The van der Waals surface area contributed by atoms with Crippen LogP contribution < -0.4 is 16.3 Å². The van der Waals surface area contributed by atoms with Gasteiger partial charge in [-0.1, -0.05) is 30.3 Å². The van der Waals surface area contributed by atoms with Crippen molar-refractivity contribution in [2.24, 2.45) is 19.8 Å². The highest BCUT2D eigenvalue weighted by atomic mass is 79.9. The molecule has 184 valence electrons. The molecule has 0 spiro atoms. The number of anilines is 1. The van der Waals surface area contributed by atoms with Crippen LogP contribution in [0.15, 0.2) is 74.4 Å². The molecule has 4 rings (SSSR count). The van der Waals surface area contributed by atoms with Gasteiger partial charge in [-0.05, 0) is 33.6 Å². The van der Waals surface area contributed by atoms with Gasteiger partial charge in [0.15, 0.2) is 0 Å². The van der Waals surface area contributed by atoms with E-state index in [2.05, 4.69) is 22.0 Å². The van der Waals surface area contributed by atoms with Gasteiger partial charge >= 0.3 is 17.6 Å². The Labute approximate surface area is 214 Å². The van der Waals surface area contributed by atoms with E-state index in [1.807, 2.05) is 0 Å². The van der Waals surface area contributed by atoms with Crippen LogP contribution in [-0.4, -0.2) is 35.3 Å². The topological polar surface area (TPSA) is 133 Å². The third-order valence-corrected chi connectivity index (χ3v) is 6.83. The molecule has 11 heteroatoms. The Hall–Kier alpha value is -4.30. The van der Waals surface area contributed by atoms with E-state index in [1.54, 1.807) is 56.6 Å². The second-order valence-corrected chi connectivity index (χ2v) is 8.88. The number of methoxy groups -OCH3 is 2. The third kappa shape index (κ3) is 3.67. The lowest BCUT2D eigenvalue weighted by Gasteiger charge is -2.36. The highest BCUT2D eigenvalue weighted by Gasteiger charge is 2.43. The summed E-state index contributed by atoms with van der Waals surface area (Å²) in [5.41, 5.74) is 8.11. The maximum Gasteiger partial charge on any atom is 0.355 e. The first-order chi connectivity index (χ1) is 17.2. The maximum absolute atomic E-state index is 13.2. The molecule has 0 saturated heterocycles. The highest BCUT2D eigenvalue weighted by Crippen LogP contribution is 2.45. The van der Waals surface area contributed by atoms with Crippen LogP contribution in [0.1, 0.15) is 11.5 Å². The number of nitrogens with zero attached hydrogens (tertiary/aromatic N) is 4. The van der Waals surface area contributed by atoms with E-state index in [0.29, 0.717) is 26.8 Å². The van der Waals surface area contributed by atoms with Crippen LogP contribution in [0.3, 0.4) is 0 Å². The van der Waals surface area contributed by atoms with Gasteiger partial charge in [0.1, 0.15) is 11.5 Å². The van der Waals surface area contributed by atoms with Crippen molar-refractivity contribution in [2.45, 2.75) is 5.92 Å². The fourth-order valence-electron chi connectivity index (χ4n) is 4.44. The van der Waals surface area contributed by atoms with Crippen molar-refractivity contribution in [1.29, 1.82) is 5.26 Å². The van der Waals surface area contributed by atoms with Crippen molar-refractivity contribution >= 4 is 44.6 Å². The van der Waals surface area contributed by atoms with Crippen LogP contribution in [-0.2, 0) is 33.2 Å². The van der Waals surface area contributed by atoms with Crippen LogP contribution >= 0.6 is 15.9 Å². The molecule has 0 aliphatic carbocycles. The van der Waals surface area contributed by atoms with E-state index in [0.717, 1.165) is 0 Å². The molecule has 0 amide bonds. The van der Waals surface area contributed by atoms with E-state index in [1.165, 1.54) is 28.3 Å². The molecule has 1 unspecified atom stereocenters. The minimum absolute atomic E-state index is 0.0446. The number of rotatable bonds is 4. The van der Waals surface area contributed by atoms with Crippen LogP contribution in [0, 0.1) is 11.3 Å². The molecule has 2 heterocycles. The van der Waals surface area contributed by atoms with E-state index >= 15 is 0 Å². The Kier molecular flexibility index (Phi) is 6.47. The Balaban J connectivity index is 2.13. The molecule has 1 aliphatic heterocycles. The first kappa shape index (κ1) is 24.8. The Morgan fingerprint density at radius 2 is 1.61 bits per heavy atom. The molecule has 0 fully saturated rings. The summed E-state index contributed by atoms with van der Waals surface area (Å²) >= 11 is 3.50. The first-order valence-corrected chi connectivity index (χ1v) is 11.5. The van der Waals surface area contributed by atoms with E-state index in [9.17, 15) is 19.6 Å². The zero-order valence-corrected chi connectivity index (χ0v) is 21.5. The maximum atomic E-state index is 13.2. The zero-order valence-electron chi connectivity index (χ0n) is 19.9. The van der Waals surface area contributed by atoms with Crippen LogP contribution in [0.25, 0.3) is 11.0 Å². The van der Waals surface area contributed by atoms with Crippen LogP contribution in [0.4, 0.5) is 5.69 Å². The molecule has 1 aliphatic rings. The number of hydrogen-bond acceptors (Lipinski definition) is 8. The van der Waals surface area contributed by atoms with Gasteiger partial charge in [-0.3, -0.25) is 14.0 Å². The number of imidazole rings is 1. The summed E-state index contributed by atoms with van der Waals surface area (Å²) in [5.74, 6) is -2.72. The van der Waals surface area contributed by atoms with E-state index < -0.39 is 17.9 Å². The molecule has 3 aromatic rings. The Morgan fingerprint density at radius 1 is 1.03 bits per heavy atom. The van der Waals surface area contributed by atoms with Gasteiger partial charge in [0, 0.05) is 18.6 Å². The summed E-state index contributed by atoms with van der Waals surface area (Å²) in [4.78, 5) is 40.2. The minimum atomic E-state index is -0.974. The number of halogens is 1. The fourth-order valence-corrected chi connectivity index (χ4v) is 4.95. The summed E-state index contributed by atoms with van der Waals surface area (Å²) in [7, 11) is 5.62. The lowest BCUT2D eigenvalue weighted by atomic mass is 9.81. The number of fused-ring (bicyclic) bond motifs is 1. The number of benzene rings is 2. The molecule has 1 aromatic heterocycles. The average molecular weight is 552 g/mol. The van der Waals surface area contributed by atoms with Crippen molar-refractivity contribution in [3.05, 3.63) is 85.6 Å². The van der Waals surface area contributed by atoms with Crippen molar-refractivity contribution < 1.29 is 19.1 Å². The molecule has 0 radical (unpaired) electrons. The van der Waals surface area contributed by atoms with E-state index in [4.69, 9.17) is 15.2 Å². The molecule has 2 aromatic carbocycles. The Bertz CT molecular complexity index is 1580. The van der Waals surface area contributed by atoms with Gasteiger partial charge in [-0.25, -0.2) is 14.4 Å². The van der Waals surface area contributed by atoms with Gasteiger partial charge in [0.2, 0.25) is 0 Å². The normalized spacial score (nSPS) is 15.8. The minimum Gasteiger partial charge on any atom is -0.466 e. The van der Waals surface area contributed by atoms with Crippen molar-refractivity contribution in [3.8, 4) is 6.07 Å². The highest BCUT2D eigenvalue weighted by molar-refractivity contribution is 9.10. The number of hydrogen-bond donors (Lipinski definition) is 1. The van der Waals surface area contributed by atoms with Gasteiger partial charge in [0.05, 0.1) is 54.1 Å². The Morgan fingerprint density at radius 3 is 2.17 bits per heavy atom. The first-order valence-electron chi connectivity index (χ1n) is 10.7. The van der Waals surface area contributed by atoms with Crippen molar-refractivity contribution in [1.82, 2.24) is 9.13 Å². The lowest BCUT2D eigenvalue weighted by molar-refractivity contribution is -0.139. The number of esters is 2. The van der Waals surface area contributed by atoms with Crippen molar-refractivity contribution in [3.63, 3.8) is 0 Å². The number of carbonyl (C=O) groups is 2. The largest absolute Gasteiger partial charge is 0.466 e. The average Bonchev–Trinajstić information content (AvgIpc) is 3.10. The molecule has 0 bridgehead atoms. The lowest BCUT2D eigenvalue weighted by Crippen LogP contribution is -2.41. The van der Waals surface area contributed by atoms with Crippen LogP contribution in [0.2, 0.25) is 0 Å². The second-order valence-electron chi connectivity index (χ2n) is 8.03. The number of nitriles is 1. The monoisotopic (exact) mass is 551 g/mol. The smallest absolute Gasteiger partial charge is 0.355 e. The molecule has 2 N–H and O–H groups in total. The summed E-state index contributed by atoms with van der Waals surface area (Å²) in [5, 5.41) is 10.2. The van der Waals surface area contributed by atoms with Crippen molar-refractivity contribution in [2.75, 3.05) is 19.1 Å². The predicted molar refractivity (Wildman–Crippen MR) is 135 cm³/mol. The SMILES string of the molecule is COC(=O)C1=C(C(=O)OC)N(c2cc3c(cc2Br)n(C)c(=O)n3C)C(N)=C(C#N)C1c1ccccc1. The number of allylic oxidation sites excluding steroid dienone is 1. The van der Waals surface area contributed by atoms with Gasteiger partial charge in [-0.2, -0.15) is 5.26 Å². The molecule has 10 nitrogen and oxygen atoms in total. The van der Waals surface area contributed by atoms with Gasteiger partial charge < -0.3 is 15.2 Å². The number of carbonyl (C=O) groups excluding carboxylic acids is 2. The summed E-state index contributed by atoms with van der Waals surface area (Å²) in [6.07, 6.45) is 0. The predicted octanol–water partition coefficient (Wildman–Crippen LogP) is 2.54. The number of nitrogens with two attached hydrogens (primary N) is 1. The molecular weight excluding hydrogens is 530 g/mol. The molecule has 0 saturated carbocycles. The fraction of sp³-hybridized carbons (Fsp3) is 0.200. The van der Waals surface area contributed by atoms with Crippen LogP contribution in [0.5, 0.6) is 0 Å². The number of aromatic nitrogens is 2. The quantitative estimate of drug-likeness (QED) is 0.489. The molecule has 36 heavy (non-hydrogen) atoms. The second kappa shape index (κ2) is 9.39. The molecular formula is C25H22BrN5O5. The van der Waals surface area contributed by atoms with Gasteiger partial charge in [0.25, 0.3) is 0 Å². The number of aryl methyl sites for hydroxylation is 2. The summed E-state index contributed by atoms with van der Waals surface area (Å²) < 4.78 is 13.5. The number of ether oxygens (including phenoxy) is 2. The third-order valence-electron chi connectivity index (χ3n) is 6.19. The summed E-state index contributed by atoms with van der Waals surface area (Å²) in [6.45, 7) is 0. The standard InChI is InChI=1S/C25H22BrN5O5/c1-29-17-10-15(26)16(11-18(17)30(2)25(29)34)31-21(24(33)36-4)20(23(32)35-3)19(14(12-27)22(31)28)13-8-6-5-7-9-13/h5-11,19H,28H2,1-4H3. The molecule has 1 atom stereocenters. The van der Waals surface area contributed by atoms with Gasteiger partial charge in [-0.15, -0.1) is 0 Å². The van der Waals surface area contributed by atoms with E-state index in [-0.39, 0.29) is 28.4 Å².